The maximum Gasteiger partial charge on any atom is 0.408 e. The first kappa shape index (κ1) is 35.7. The van der Waals surface area contributed by atoms with Crippen LogP contribution in [-0.4, -0.2) is 63.1 Å². The van der Waals surface area contributed by atoms with Crippen LogP contribution < -0.4 is 20.8 Å². The van der Waals surface area contributed by atoms with Crippen molar-refractivity contribution in [2.45, 2.75) is 58.0 Å². The van der Waals surface area contributed by atoms with E-state index in [4.69, 9.17) is 14.4 Å². The van der Waals surface area contributed by atoms with E-state index in [1.54, 1.807) is 25.3 Å². The monoisotopic (exact) mass is 675 g/mol. The van der Waals surface area contributed by atoms with E-state index >= 15 is 0 Å². The lowest BCUT2D eigenvalue weighted by atomic mass is 9.98. The third-order valence-electron chi connectivity index (χ3n) is 7.60. The van der Waals surface area contributed by atoms with E-state index in [9.17, 15) is 24.1 Å². The number of aromatic nitrogens is 2. The van der Waals surface area contributed by atoms with Crippen LogP contribution in [-0.2, 0) is 43.1 Å². The maximum atomic E-state index is 14.0. The van der Waals surface area contributed by atoms with Gasteiger partial charge in [-0.1, -0.05) is 86.6 Å². The molecule has 2 unspecified atom stereocenters. The van der Waals surface area contributed by atoms with Gasteiger partial charge in [0.2, 0.25) is 25.6 Å². The minimum Gasteiger partial charge on any atom is -0.603 e. The highest BCUT2D eigenvalue weighted by Crippen LogP contribution is 2.22. The van der Waals surface area contributed by atoms with Gasteiger partial charge in [0.1, 0.15) is 18.7 Å². The summed E-state index contributed by atoms with van der Waals surface area (Å²) in [5.74, 6) is -2.65. The molecule has 4 aromatic rings. The highest BCUT2D eigenvalue weighted by Gasteiger charge is 2.32. The molecule has 3 amide bonds. The predicted octanol–water partition coefficient (Wildman–Crippen LogP) is 3.19. The van der Waals surface area contributed by atoms with E-state index in [0.717, 1.165) is 21.9 Å². The molecular weight excluding hydrogens is 637 g/mol. The third kappa shape index (κ3) is 10.7. The van der Waals surface area contributed by atoms with Gasteiger partial charge in [0.05, 0.1) is 12.0 Å². The van der Waals surface area contributed by atoms with Crippen molar-refractivity contribution in [3.05, 3.63) is 102 Å². The largest absolute Gasteiger partial charge is 0.603 e. The molecule has 252 valence electrons. The number of benzene rings is 3. The minimum absolute atomic E-state index is 0.0158. The number of alkyl carbamates (subject to hydrolysis) is 1. The van der Waals surface area contributed by atoms with E-state index in [1.165, 1.54) is 6.33 Å². The zero-order chi connectivity index (χ0) is 34.5. The van der Waals surface area contributed by atoms with Crippen molar-refractivity contribution < 1.29 is 38.4 Å². The molecule has 0 bridgehead atoms. The Morgan fingerprint density at radius 1 is 0.938 bits per heavy atom. The number of carbonyl (C=O) groups excluding carboxylic acids is 3. The topological polar surface area (TPSA) is 195 Å². The van der Waals surface area contributed by atoms with E-state index < -0.39 is 50.2 Å². The Hall–Kier alpha value is -5.10. The van der Waals surface area contributed by atoms with Crippen molar-refractivity contribution >= 4 is 48.4 Å². The highest BCUT2D eigenvalue weighted by molar-refractivity contribution is 7.47. The number of nitrogens with one attached hydrogen (secondary N) is 4. The summed E-state index contributed by atoms with van der Waals surface area (Å²) < 4.78 is 10.8. The van der Waals surface area contributed by atoms with Gasteiger partial charge in [-0.25, -0.2) is 14.6 Å². The average Bonchev–Trinajstić information content (AvgIpc) is 3.59. The van der Waals surface area contributed by atoms with Crippen molar-refractivity contribution in [2.75, 3.05) is 0 Å². The number of amides is 3. The van der Waals surface area contributed by atoms with Crippen molar-refractivity contribution in [3.63, 3.8) is 0 Å². The Bertz CT molecular complexity index is 1710. The van der Waals surface area contributed by atoms with Crippen molar-refractivity contribution in [1.82, 2.24) is 25.9 Å². The second-order valence-corrected chi connectivity index (χ2v) is 12.1. The smallest absolute Gasteiger partial charge is 0.408 e. The molecule has 1 heterocycles. The summed E-state index contributed by atoms with van der Waals surface area (Å²) in [5.41, 5.74) is 2.01. The Balaban J connectivity index is 1.58. The minimum atomic E-state index is -2.74. The molecule has 48 heavy (non-hydrogen) atoms. The van der Waals surface area contributed by atoms with Gasteiger partial charge >= 0.3 is 12.1 Å². The molecule has 5 N–H and O–H groups in total. The molecular formula is C34H38N5O8P. The lowest BCUT2D eigenvalue weighted by molar-refractivity contribution is -0.178. The number of imidazole rings is 1. The third-order valence-corrected chi connectivity index (χ3v) is 8.47. The van der Waals surface area contributed by atoms with Crippen molar-refractivity contribution in [3.8, 4) is 0 Å². The van der Waals surface area contributed by atoms with Gasteiger partial charge in [-0.2, -0.15) is 4.52 Å². The molecule has 14 heteroatoms. The molecule has 0 radical (unpaired) electrons. The molecule has 0 aliphatic rings. The number of rotatable bonds is 16. The van der Waals surface area contributed by atoms with Crippen LogP contribution in [0.4, 0.5) is 4.79 Å². The van der Waals surface area contributed by atoms with Gasteiger partial charge in [-0.3, -0.25) is 9.59 Å². The first-order valence-corrected chi connectivity index (χ1v) is 16.6. The summed E-state index contributed by atoms with van der Waals surface area (Å²) in [6.07, 6.45) is 1.58. The first-order chi connectivity index (χ1) is 23.1. The Morgan fingerprint density at radius 3 is 2.33 bits per heavy atom. The van der Waals surface area contributed by atoms with Crippen LogP contribution in [0.2, 0.25) is 0 Å². The van der Waals surface area contributed by atoms with E-state index in [0.29, 0.717) is 17.9 Å². The second-order valence-electron chi connectivity index (χ2n) is 11.1. The number of carbonyl (C=O) groups is 4. The van der Waals surface area contributed by atoms with Crippen LogP contribution >= 0.6 is 8.00 Å². The number of carboxylic acid groups (broad SMARTS) is 1. The van der Waals surface area contributed by atoms with Crippen molar-refractivity contribution in [2.24, 2.45) is 5.92 Å². The lowest BCUT2D eigenvalue weighted by Gasteiger charge is -2.26. The molecule has 1 aromatic heterocycles. The number of fused-ring (bicyclic) bond motifs is 1. The zero-order valence-corrected chi connectivity index (χ0v) is 27.4. The second kappa shape index (κ2) is 17.7. The highest BCUT2D eigenvalue weighted by atomic mass is 31.1. The van der Waals surface area contributed by atoms with Gasteiger partial charge in [0.25, 0.3) is 0 Å². The molecule has 0 aliphatic carbocycles. The van der Waals surface area contributed by atoms with E-state index in [2.05, 4.69) is 25.9 Å². The molecule has 0 saturated carbocycles. The summed E-state index contributed by atoms with van der Waals surface area (Å²) in [6.45, 7) is 3.55. The molecule has 0 saturated heterocycles. The number of hydrogen-bond acceptors (Lipinski definition) is 8. The Labute approximate surface area is 278 Å². The molecule has 3 aromatic carbocycles. The Kier molecular flexibility index (Phi) is 13.2. The Morgan fingerprint density at radius 2 is 1.62 bits per heavy atom. The number of H-pyrrole nitrogens is 1. The van der Waals surface area contributed by atoms with Crippen LogP contribution in [0.15, 0.2) is 85.3 Å². The van der Waals surface area contributed by atoms with Gasteiger partial charge < -0.3 is 35.7 Å². The van der Waals surface area contributed by atoms with Gasteiger partial charge in [-0.05, 0) is 28.3 Å². The summed E-state index contributed by atoms with van der Waals surface area (Å²) in [5, 5.41) is 18.9. The van der Waals surface area contributed by atoms with Crippen LogP contribution in [0.3, 0.4) is 0 Å². The SMILES string of the molecule is CCC(C)[C@@H](NC(=O)[C@H](Cc1c[nH]cn1)NC(=O)[C@@H](Cc1cccc2ccccc12)NC(=O)OCc1ccccc1)O/[P+]([O-])=C/C(=O)O. The lowest BCUT2D eigenvalue weighted by Crippen LogP contribution is -2.57. The number of hydrogen-bond donors (Lipinski definition) is 5. The fourth-order valence-corrected chi connectivity index (χ4v) is 5.59. The predicted molar refractivity (Wildman–Crippen MR) is 179 cm³/mol. The van der Waals surface area contributed by atoms with Crippen LogP contribution in [0.1, 0.15) is 37.1 Å². The van der Waals surface area contributed by atoms with Gasteiger partial charge in [0, 0.05) is 25.0 Å². The van der Waals surface area contributed by atoms with Crippen LogP contribution in [0.5, 0.6) is 0 Å². The fraction of sp³-hybridized carbons (Fsp3) is 0.294. The molecule has 5 atom stereocenters. The quantitative estimate of drug-likeness (QED) is 0.0876. The summed E-state index contributed by atoms with van der Waals surface area (Å²) in [7, 11) is -2.74. The van der Waals surface area contributed by atoms with Crippen LogP contribution in [0.25, 0.3) is 10.8 Å². The molecule has 13 nitrogen and oxygen atoms in total. The number of nitrogens with zero attached hydrogens (tertiary/aromatic N) is 1. The number of carboxylic acids is 1. The van der Waals surface area contributed by atoms with Crippen LogP contribution in [0, 0.1) is 5.92 Å². The number of aliphatic carboxylic acids is 1. The number of aromatic amines is 1. The van der Waals surface area contributed by atoms with Gasteiger partial charge in [-0.15, -0.1) is 0 Å². The van der Waals surface area contributed by atoms with E-state index in [-0.39, 0.29) is 25.4 Å². The summed E-state index contributed by atoms with van der Waals surface area (Å²) >= 11 is 0. The fourth-order valence-electron chi connectivity index (χ4n) is 4.86. The molecule has 0 fully saturated rings. The van der Waals surface area contributed by atoms with Gasteiger partial charge in [0.15, 0.2) is 6.23 Å². The molecule has 4 rings (SSSR count). The first-order valence-electron chi connectivity index (χ1n) is 15.4. The molecule has 0 aliphatic heterocycles. The standard InChI is InChI=1S/C34H38N5O8P/c1-3-22(2)33(47-48(45)20-30(40)41)39-32(43)29(17-26-18-35-21-36-26)37-31(42)28(38-34(44)46-19-23-10-5-4-6-11-23)16-25-14-9-13-24-12-7-8-15-27(24)25/h4-15,18,20-22,28-29,33H,3,16-17,19H2,1-2H3,(H,35,36)(H,37,42)(H,38,44)(H,39,43)(H,40,41)/t22?,28-,29+,33+/m1/s1. The summed E-state index contributed by atoms with van der Waals surface area (Å²) in [6, 6.07) is 20.0. The van der Waals surface area contributed by atoms with E-state index in [1.807, 2.05) is 67.6 Å². The number of ether oxygens (including phenoxy) is 1. The normalized spacial score (nSPS) is 13.9. The van der Waals surface area contributed by atoms with Crippen molar-refractivity contribution in [1.29, 1.82) is 0 Å². The zero-order valence-electron chi connectivity index (χ0n) is 26.5. The molecule has 0 spiro atoms. The maximum absolute atomic E-state index is 14.0. The summed E-state index contributed by atoms with van der Waals surface area (Å²) in [4.78, 5) is 71.0. The average molecular weight is 676 g/mol.